The molecule has 2 N–H and O–H groups in total. The van der Waals surface area contributed by atoms with E-state index < -0.39 is 57.9 Å². The highest BCUT2D eigenvalue weighted by molar-refractivity contribution is 7.85. The van der Waals surface area contributed by atoms with Crippen LogP contribution in [0, 0.1) is 12.7 Å². The fraction of sp³-hybridized carbons (Fsp3) is 0.333. The van der Waals surface area contributed by atoms with Gasteiger partial charge in [0.2, 0.25) is 0 Å². The van der Waals surface area contributed by atoms with Crippen molar-refractivity contribution in [3.63, 3.8) is 0 Å². The number of ether oxygens (including phenoxy) is 2. The Hall–Kier alpha value is -3.04. The van der Waals surface area contributed by atoms with Gasteiger partial charge >= 0.3 is 12.4 Å². The largest absolute Gasteiger partial charge is 0.416 e. The molecule has 6 nitrogen and oxygen atoms in total. The van der Waals surface area contributed by atoms with Crippen LogP contribution >= 0.6 is 0 Å². The van der Waals surface area contributed by atoms with Crippen molar-refractivity contribution in [1.29, 1.82) is 0 Å². The van der Waals surface area contributed by atoms with E-state index in [2.05, 4.69) is 5.32 Å². The van der Waals surface area contributed by atoms with Gasteiger partial charge in [-0.2, -0.15) is 34.8 Å². The Bertz CT molecular complexity index is 1380. The number of hydrogen-bond acceptors (Lipinski definition) is 5. The van der Waals surface area contributed by atoms with Crippen LogP contribution in [0.5, 0.6) is 0 Å². The van der Waals surface area contributed by atoms with Crippen LogP contribution in [0.2, 0.25) is 0 Å². The second-order valence-electron chi connectivity index (χ2n) is 9.13. The molecule has 1 fully saturated rings. The van der Waals surface area contributed by atoms with Crippen molar-refractivity contribution in [1.82, 2.24) is 5.32 Å². The quantitative estimate of drug-likeness (QED) is 0.243. The summed E-state index contributed by atoms with van der Waals surface area (Å²) in [6.45, 7) is 3.85. The van der Waals surface area contributed by atoms with Crippen molar-refractivity contribution >= 4 is 10.1 Å². The molecule has 4 rings (SSSR count). The molecule has 14 heteroatoms. The van der Waals surface area contributed by atoms with Crippen LogP contribution in [-0.2, 0) is 31.9 Å². The number of nitrogens with one attached hydrogen (secondary N) is 1. The number of aryl methyl sites for hydroxylation is 1. The number of benzene rings is 3. The molecule has 0 saturated carbocycles. The summed E-state index contributed by atoms with van der Waals surface area (Å²) in [5, 5.41) is 3.10. The maximum absolute atomic E-state index is 13.2. The Morgan fingerprint density at radius 3 is 1.95 bits per heavy atom. The minimum Gasteiger partial charge on any atom is -0.349 e. The van der Waals surface area contributed by atoms with Crippen LogP contribution in [-0.4, -0.2) is 32.4 Å². The van der Waals surface area contributed by atoms with Gasteiger partial charge in [-0.15, -0.1) is 0 Å². The van der Waals surface area contributed by atoms with Gasteiger partial charge < -0.3 is 14.8 Å². The van der Waals surface area contributed by atoms with Crippen molar-refractivity contribution < 1.29 is 53.2 Å². The SMILES string of the molecule is C[C@@H](O[C@H]1OCCN[C@H]1c1ccc(F)cc1)c1cc(C(F)(F)F)cc(C(F)(F)F)c1.Cc1ccc(S(=O)(=O)O)cc1. The molecule has 1 aliphatic heterocycles. The van der Waals surface area contributed by atoms with Gasteiger partial charge in [-0.3, -0.25) is 4.55 Å². The first-order valence-corrected chi connectivity index (χ1v) is 13.5. The molecular weight excluding hydrogens is 583 g/mol. The van der Waals surface area contributed by atoms with Crippen molar-refractivity contribution in [2.24, 2.45) is 0 Å². The first kappa shape index (κ1) is 32.5. The van der Waals surface area contributed by atoms with Gasteiger partial charge in [0.15, 0.2) is 6.29 Å². The number of halogens is 7. The van der Waals surface area contributed by atoms with E-state index in [-0.39, 0.29) is 23.1 Å². The molecule has 1 aliphatic rings. The molecule has 0 amide bonds. The van der Waals surface area contributed by atoms with Gasteiger partial charge in [0.1, 0.15) is 5.82 Å². The van der Waals surface area contributed by atoms with Crippen LogP contribution in [0.3, 0.4) is 0 Å². The van der Waals surface area contributed by atoms with Crippen LogP contribution < -0.4 is 5.32 Å². The van der Waals surface area contributed by atoms with E-state index in [1.165, 1.54) is 43.3 Å². The molecule has 0 spiro atoms. The lowest BCUT2D eigenvalue weighted by atomic mass is 10.0. The Morgan fingerprint density at radius 1 is 0.927 bits per heavy atom. The zero-order valence-electron chi connectivity index (χ0n) is 21.6. The molecule has 1 heterocycles. The smallest absolute Gasteiger partial charge is 0.349 e. The molecule has 1 saturated heterocycles. The summed E-state index contributed by atoms with van der Waals surface area (Å²) in [4.78, 5) is -0.0666. The Balaban J connectivity index is 0.000000352. The summed E-state index contributed by atoms with van der Waals surface area (Å²) in [5.41, 5.74) is -1.56. The number of morpholine rings is 1. The normalized spacial score (nSPS) is 18.8. The Labute approximate surface area is 231 Å². The van der Waals surface area contributed by atoms with Crippen LogP contribution in [0.25, 0.3) is 0 Å². The second-order valence-corrected chi connectivity index (χ2v) is 10.5. The molecule has 0 bridgehead atoms. The summed E-state index contributed by atoms with van der Waals surface area (Å²) in [7, 11) is -4.02. The van der Waals surface area contributed by atoms with Crippen LogP contribution in [0.4, 0.5) is 30.7 Å². The predicted molar refractivity (Wildman–Crippen MR) is 134 cm³/mol. The zero-order chi connectivity index (χ0) is 30.6. The first-order valence-electron chi connectivity index (χ1n) is 12.0. The average molecular weight is 610 g/mol. The molecule has 3 aromatic carbocycles. The van der Waals surface area contributed by atoms with Crippen molar-refractivity contribution in [3.05, 3.63) is 100 Å². The van der Waals surface area contributed by atoms with Gasteiger partial charge in [0.05, 0.1) is 34.8 Å². The number of alkyl halides is 6. The number of rotatable bonds is 5. The first-order chi connectivity index (χ1) is 18.9. The van der Waals surface area contributed by atoms with E-state index >= 15 is 0 Å². The standard InChI is InChI=1S/C20H18F7NO2.C7H8O3S/c1-11(13-8-14(19(22,23)24)10-15(9-13)20(25,26)27)30-18-17(28-6-7-29-18)12-2-4-16(21)5-3-12;1-6-2-4-7(5-3-6)11(8,9)10/h2-5,8-11,17-18,28H,6-7H2,1H3;2-5H,1H3,(H,8,9,10)/t11-,17+,18-;/m1./s1. The third-order valence-corrected chi connectivity index (χ3v) is 6.85. The highest BCUT2D eigenvalue weighted by atomic mass is 32.2. The van der Waals surface area contributed by atoms with Crippen molar-refractivity contribution in [3.8, 4) is 0 Å². The topological polar surface area (TPSA) is 84.9 Å². The van der Waals surface area contributed by atoms with Gasteiger partial charge in [-0.1, -0.05) is 29.8 Å². The Kier molecular flexibility index (Phi) is 10.2. The highest BCUT2D eigenvalue weighted by Crippen LogP contribution is 2.38. The van der Waals surface area contributed by atoms with Gasteiger partial charge in [0, 0.05) is 6.54 Å². The molecule has 0 radical (unpaired) electrons. The van der Waals surface area contributed by atoms with E-state index in [0.717, 1.165) is 5.56 Å². The second kappa shape index (κ2) is 12.9. The molecule has 224 valence electrons. The fourth-order valence-electron chi connectivity index (χ4n) is 3.85. The predicted octanol–water partition coefficient (Wildman–Crippen LogP) is 6.87. The third kappa shape index (κ3) is 9.23. The van der Waals surface area contributed by atoms with Crippen LogP contribution in [0.1, 0.15) is 46.9 Å². The minimum atomic E-state index is -4.95. The molecule has 0 unspecified atom stereocenters. The summed E-state index contributed by atoms with van der Waals surface area (Å²) >= 11 is 0. The van der Waals surface area contributed by atoms with Gasteiger partial charge in [-0.05, 0) is 67.4 Å². The van der Waals surface area contributed by atoms with Gasteiger partial charge in [0.25, 0.3) is 10.1 Å². The summed E-state index contributed by atoms with van der Waals surface area (Å²) in [6, 6.07) is 12.2. The minimum absolute atomic E-state index is 0.0657. The maximum atomic E-state index is 13.2. The molecular formula is C27H26F7NO5S. The lowest BCUT2D eigenvalue weighted by molar-refractivity contribution is -0.200. The summed E-state index contributed by atoms with van der Waals surface area (Å²) in [6.07, 6.45) is -12.0. The van der Waals surface area contributed by atoms with Crippen molar-refractivity contribution in [2.45, 2.75) is 49.5 Å². The monoisotopic (exact) mass is 609 g/mol. The van der Waals surface area contributed by atoms with E-state index in [0.29, 0.717) is 24.2 Å². The van der Waals surface area contributed by atoms with Gasteiger partial charge in [-0.25, -0.2) is 4.39 Å². The average Bonchev–Trinajstić information content (AvgIpc) is 2.88. The molecule has 41 heavy (non-hydrogen) atoms. The molecule has 3 atom stereocenters. The fourth-order valence-corrected chi connectivity index (χ4v) is 4.33. The zero-order valence-corrected chi connectivity index (χ0v) is 22.4. The maximum Gasteiger partial charge on any atom is 0.416 e. The highest BCUT2D eigenvalue weighted by Gasteiger charge is 2.38. The van der Waals surface area contributed by atoms with E-state index in [1.807, 2.05) is 6.92 Å². The molecule has 0 aromatic heterocycles. The van der Waals surface area contributed by atoms with E-state index in [9.17, 15) is 39.2 Å². The van der Waals surface area contributed by atoms with E-state index in [4.69, 9.17) is 14.0 Å². The lowest BCUT2D eigenvalue weighted by Crippen LogP contribution is -2.43. The third-order valence-electron chi connectivity index (χ3n) is 5.99. The van der Waals surface area contributed by atoms with Crippen LogP contribution in [0.15, 0.2) is 71.6 Å². The summed E-state index contributed by atoms with van der Waals surface area (Å²) < 4.78 is 133. The molecule has 0 aliphatic carbocycles. The van der Waals surface area contributed by atoms with E-state index in [1.54, 1.807) is 12.1 Å². The van der Waals surface area contributed by atoms with Crippen molar-refractivity contribution in [2.75, 3.05) is 13.2 Å². The Morgan fingerprint density at radius 2 is 1.46 bits per heavy atom. The molecule has 3 aromatic rings. The summed E-state index contributed by atoms with van der Waals surface area (Å²) in [5.74, 6) is -0.454. The lowest BCUT2D eigenvalue weighted by Gasteiger charge is -2.34. The number of hydrogen-bond donors (Lipinski definition) is 2.